The van der Waals surface area contributed by atoms with Gasteiger partial charge >= 0.3 is 5.97 Å². The van der Waals surface area contributed by atoms with Gasteiger partial charge in [0.25, 0.3) is 0 Å². The van der Waals surface area contributed by atoms with E-state index in [1.807, 2.05) is 0 Å². The molecule has 0 aliphatic carbocycles. The summed E-state index contributed by atoms with van der Waals surface area (Å²) in [6, 6.07) is 6.39. The normalized spacial score (nSPS) is 11.4. The van der Waals surface area contributed by atoms with E-state index in [0.29, 0.717) is 11.3 Å². The lowest BCUT2D eigenvalue weighted by molar-refractivity contribution is -0.597. The van der Waals surface area contributed by atoms with Gasteiger partial charge in [0.15, 0.2) is 11.3 Å². The molecule has 18 heavy (non-hydrogen) atoms. The predicted octanol–water partition coefficient (Wildman–Crippen LogP) is 0.186. The molecule has 0 saturated heterocycles. The summed E-state index contributed by atoms with van der Waals surface area (Å²) in [6.45, 7) is 1.45. The van der Waals surface area contributed by atoms with Crippen molar-refractivity contribution in [2.45, 2.75) is 19.6 Å². The van der Waals surface area contributed by atoms with Gasteiger partial charge in [-0.25, -0.2) is 14.9 Å². The van der Waals surface area contributed by atoms with Crippen molar-refractivity contribution in [2.24, 2.45) is 0 Å². The molecule has 1 aromatic carbocycles. The largest absolute Gasteiger partial charge is 0.465 e. The van der Waals surface area contributed by atoms with E-state index >= 15 is 0 Å². The van der Waals surface area contributed by atoms with Crippen molar-refractivity contribution in [3.63, 3.8) is 0 Å². The molecule has 1 unspecified atom stereocenters. The van der Waals surface area contributed by atoms with Gasteiger partial charge in [0, 0.05) is 5.59 Å². The number of hydrazine groups is 1. The molecule has 98 valence electrons. The Kier molecular flexibility index (Phi) is 4.88. The minimum atomic E-state index is -0.981. The second-order valence-corrected chi connectivity index (χ2v) is 3.36. The smallest absolute Gasteiger partial charge is 0.342 e. The lowest BCUT2D eigenvalue weighted by Gasteiger charge is -2.09. The van der Waals surface area contributed by atoms with Gasteiger partial charge < -0.3 is 9.84 Å². The van der Waals surface area contributed by atoms with Crippen LogP contribution in [0.4, 0.5) is 0 Å². The summed E-state index contributed by atoms with van der Waals surface area (Å²) in [7, 11) is 0. The van der Waals surface area contributed by atoms with E-state index < -0.39 is 17.3 Å². The second kappa shape index (κ2) is 6.40. The molecule has 8 nitrogen and oxygen atoms in total. The maximum atomic E-state index is 11.2. The Balaban J connectivity index is 2.56. The van der Waals surface area contributed by atoms with Crippen molar-refractivity contribution in [2.75, 3.05) is 0 Å². The number of aliphatic hydroxyl groups is 1. The van der Waals surface area contributed by atoms with Crippen LogP contribution in [-0.2, 0) is 16.1 Å². The van der Waals surface area contributed by atoms with E-state index in [-0.39, 0.29) is 6.42 Å². The first-order valence-corrected chi connectivity index (χ1v) is 5.00. The van der Waals surface area contributed by atoms with Gasteiger partial charge in [0.05, 0.1) is 6.42 Å². The maximum absolute atomic E-state index is 11.2. The number of hydrogen-bond donors (Lipinski definition) is 2. The summed E-state index contributed by atoms with van der Waals surface area (Å²) < 4.78 is 5.01. The van der Waals surface area contributed by atoms with Crippen molar-refractivity contribution >= 4 is 5.97 Å². The molecule has 1 atom stereocenters. The fraction of sp³-hybridized carbons (Fsp3) is 0.300. The van der Waals surface area contributed by atoms with Crippen LogP contribution < -0.4 is 10.3 Å². The molecule has 0 radical (unpaired) electrons. The highest BCUT2D eigenvalue weighted by atomic mass is 16.8. The van der Waals surface area contributed by atoms with Gasteiger partial charge in [-0.15, -0.1) is 0 Å². The zero-order valence-corrected chi connectivity index (χ0v) is 9.53. The molecule has 0 amide bonds. The number of nitrogens with zero attached hydrogens (tertiary/aromatic N) is 1. The van der Waals surface area contributed by atoms with E-state index in [2.05, 4.69) is 4.84 Å². The summed E-state index contributed by atoms with van der Waals surface area (Å²) >= 11 is 0. The van der Waals surface area contributed by atoms with Gasteiger partial charge in [-0.1, -0.05) is 12.1 Å². The second-order valence-electron chi connectivity index (χ2n) is 3.36. The lowest BCUT2D eigenvalue weighted by Crippen LogP contribution is -2.26. The first-order valence-electron chi connectivity index (χ1n) is 5.00. The molecular weight excluding hydrogens is 244 g/mol. The zero-order chi connectivity index (χ0) is 13.5. The molecule has 1 aromatic rings. The van der Waals surface area contributed by atoms with Gasteiger partial charge in [0.2, 0.25) is 0 Å². The van der Waals surface area contributed by atoms with E-state index in [9.17, 15) is 14.9 Å². The third kappa shape index (κ3) is 5.12. The molecule has 0 aliphatic heterocycles. The number of aliphatic hydroxyl groups excluding tert-OH is 1. The van der Waals surface area contributed by atoms with Gasteiger partial charge in [0.1, 0.15) is 5.75 Å². The highest BCUT2D eigenvalue weighted by Crippen LogP contribution is 2.15. The Labute approximate surface area is 102 Å². The van der Waals surface area contributed by atoms with Gasteiger partial charge in [-0.3, -0.25) is 4.84 Å². The summed E-state index contributed by atoms with van der Waals surface area (Å²) in [5.74, 6) is -0.418. The Hall–Kier alpha value is -2.35. The van der Waals surface area contributed by atoms with Crippen LogP contribution in [0.25, 0.3) is 0 Å². The molecule has 1 rings (SSSR count). The Morgan fingerprint density at radius 2 is 2.33 bits per heavy atom. The molecule has 8 heteroatoms. The zero-order valence-electron chi connectivity index (χ0n) is 9.53. The third-order valence-corrected chi connectivity index (χ3v) is 1.79. The summed E-state index contributed by atoms with van der Waals surface area (Å²) in [5.41, 5.74) is 1.86. The molecule has 0 saturated carbocycles. The number of carbonyl (C=O) groups excluding carboxylic acids is 1. The minimum absolute atomic E-state index is 0.155. The molecule has 2 N–H and O–H groups in total. The fourth-order valence-corrected chi connectivity index (χ4v) is 1.22. The monoisotopic (exact) mass is 256 g/mol. The van der Waals surface area contributed by atoms with Crippen LogP contribution in [0, 0.1) is 10.1 Å². The predicted molar refractivity (Wildman–Crippen MR) is 58.7 cm³/mol. The minimum Gasteiger partial charge on any atom is -0.465 e. The van der Waals surface area contributed by atoms with Crippen molar-refractivity contribution in [1.82, 2.24) is 5.59 Å². The van der Waals surface area contributed by atoms with E-state index in [1.54, 1.807) is 18.2 Å². The van der Waals surface area contributed by atoms with Crippen molar-refractivity contribution in [3.05, 3.63) is 39.9 Å². The molecule has 0 fully saturated rings. The summed E-state index contributed by atoms with van der Waals surface area (Å²) in [4.78, 5) is 25.2. The Morgan fingerprint density at radius 1 is 1.61 bits per heavy atom. The Morgan fingerprint density at radius 3 is 2.94 bits per heavy atom. The first kappa shape index (κ1) is 13.7. The average Bonchev–Trinajstić information content (AvgIpc) is 2.26. The standard InChI is InChI=1S/C10H12N2O6/c1-7(13)17-9-4-2-3-8(5-9)6-10(14)18-11-12(15)16/h2-5,7,11,13H,6H2,1H3. The van der Waals surface area contributed by atoms with E-state index in [4.69, 9.17) is 9.84 Å². The number of nitro groups is 1. The fourth-order valence-electron chi connectivity index (χ4n) is 1.22. The molecule has 0 aliphatic rings. The molecule has 0 heterocycles. The Bertz CT molecular complexity index is 434. The summed E-state index contributed by atoms with van der Waals surface area (Å²) in [5, 5.41) is 17.9. The molecule has 0 bridgehead atoms. The first-order chi connectivity index (χ1) is 8.47. The number of ether oxygens (including phenoxy) is 1. The highest BCUT2D eigenvalue weighted by Gasteiger charge is 2.09. The number of carbonyl (C=O) groups is 1. The molecular formula is C10H12N2O6. The van der Waals surface area contributed by atoms with Crippen LogP contribution in [0.2, 0.25) is 0 Å². The van der Waals surface area contributed by atoms with Gasteiger partial charge in [-0.2, -0.15) is 0 Å². The van der Waals surface area contributed by atoms with Crippen molar-refractivity contribution in [1.29, 1.82) is 0 Å². The maximum Gasteiger partial charge on any atom is 0.342 e. The van der Waals surface area contributed by atoms with Crippen LogP contribution in [0.15, 0.2) is 24.3 Å². The van der Waals surface area contributed by atoms with Crippen LogP contribution in [0.5, 0.6) is 5.75 Å². The summed E-state index contributed by atoms with van der Waals surface area (Å²) in [6.07, 6.45) is -1.12. The molecule has 0 spiro atoms. The number of hydrogen-bond acceptors (Lipinski definition) is 6. The van der Waals surface area contributed by atoms with Crippen molar-refractivity contribution in [3.8, 4) is 5.75 Å². The highest BCUT2D eigenvalue weighted by molar-refractivity contribution is 5.72. The van der Waals surface area contributed by atoms with Crippen LogP contribution in [0.3, 0.4) is 0 Å². The SMILES string of the molecule is CC(O)Oc1cccc(CC(=O)ON[N+](=O)[O-])c1. The van der Waals surface area contributed by atoms with Crippen molar-refractivity contribution < 1.29 is 24.5 Å². The third-order valence-electron chi connectivity index (χ3n) is 1.79. The molecule has 0 aromatic heterocycles. The van der Waals surface area contributed by atoms with Crippen LogP contribution >= 0.6 is 0 Å². The average molecular weight is 256 g/mol. The number of rotatable bonds is 6. The number of nitrogens with one attached hydrogen (secondary N) is 1. The van der Waals surface area contributed by atoms with Gasteiger partial charge in [-0.05, 0) is 24.6 Å². The quantitative estimate of drug-likeness (QED) is 0.424. The van der Waals surface area contributed by atoms with E-state index in [1.165, 1.54) is 18.6 Å². The van der Waals surface area contributed by atoms with E-state index in [0.717, 1.165) is 0 Å². The lowest BCUT2D eigenvalue weighted by atomic mass is 10.1. The number of benzene rings is 1. The van der Waals surface area contributed by atoms with Crippen LogP contribution in [-0.4, -0.2) is 22.4 Å². The topological polar surface area (TPSA) is 111 Å². The van der Waals surface area contributed by atoms with Crippen LogP contribution in [0.1, 0.15) is 12.5 Å².